The molecule has 0 aromatic carbocycles. The zero-order chi connectivity index (χ0) is 59.2. The zero-order valence-electron chi connectivity index (χ0n) is 54.5. The van der Waals surface area contributed by atoms with Gasteiger partial charge in [0, 0.05) is 19.3 Å². The summed E-state index contributed by atoms with van der Waals surface area (Å²) in [5, 5.41) is 0. The number of allylic oxidation sites excluding steroid dienone is 14. The molecule has 0 aliphatic heterocycles. The van der Waals surface area contributed by atoms with Gasteiger partial charge in [0.1, 0.15) is 13.2 Å². The molecule has 82 heavy (non-hydrogen) atoms. The molecule has 0 radical (unpaired) electrons. The summed E-state index contributed by atoms with van der Waals surface area (Å²) in [5.41, 5.74) is 0. The van der Waals surface area contributed by atoms with Gasteiger partial charge in [0.15, 0.2) is 6.10 Å². The van der Waals surface area contributed by atoms with Crippen LogP contribution in [-0.2, 0) is 28.6 Å². The number of ether oxygens (including phenoxy) is 3. The molecule has 0 amide bonds. The molecule has 0 heterocycles. The Hall–Kier alpha value is -3.41. The summed E-state index contributed by atoms with van der Waals surface area (Å²) in [6.07, 6.45) is 93.2. The van der Waals surface area contributed by atoms with Crippen molar-refractivity contribution in [2.75, 3.05) is 13.2 Å². The van der Waals surface area contributed by atoms with Crippen LogP contribution in [0.5, 0.6) is 0 Å². The van der Waals surface area contributed by atoms with Gasteiger partial charge in [-0.05, 0) is 96.3 Å². The number of rotatable bonds is 65. The minimum Gasteiger partial charge on any atom is -0.462 e. The van der Waals surface area contributed by atoms with E-state index in [1.54, 1.807) is 0 Å². The van der Waals surface area contributed by atoms with Gasteiger partial charge in [0.2, 0.25) is 0 Å². The summed E-state index contributed by atoms with van der Waals surface area (Å²) in [6.45, 7) is 6.56. The van der Waals surface area contributed by atoms with Crippen molar-refractivity contribution in [1.82, 2.24) is 0 Å². The van der Waals surface area contributed by atoms with Gasteiger partial charge in [-0.2, -0.15) is 0 Å². The molecule has 0 N–H and O–H groups in total. The van der Waals surface area contributed by atoms with E-state index >= 15 is 0 Å². The average molecular weight is 1140 g/mol. The molecule has 0 aromatic rings. The predicted octanol–water partition coefficient (Wildman–Crippen LogP) is 24.6. The standard InChI is InChI=1S/C76H134O6/c1-4-7-10-13-16-19-22-25-28-30-32-34-36-37-38-39-41-42-44-46-48-51-54-57-60-63-66-69-75(78)81-72-73(71-80-74(77)68-65-62-59-56-53-50-27-24-21-18-15-12-9-6-3)82-76(79)70-67-64-61-58-55-52-49-47-45-43-40-35-33-31-29-26-23-20-17-14-11-8-5-2/h8,11,17,20,22,25-26,29-30,32-33,35,43,45,73H,4-7,9-10,12-16,18-19,21,23-24,27-28,31,34,36-42,44,46-72H2,1-3H3/b11-8-,20-17-,25-22-,29-26-,32-30-,35-33-,45-43-. The summed E-state index contributed by atoms with van der Waals surface area (Å²) in [7, 11) is 0. The summed E-state index contributed by atoms with van der Waals surface area (Å²) < 4.78 is 17.0. The first-order valence-corrected chi connectivity index (χ1v) is 35.6. The molecule has 6 heteroatoms. The highest BCUT2D eigenvalue weighted by Crippen LogP contribution is 2.18. The fourth-order valence-electron chi connectivity index (χ4n) is 10.3. The van der Waals surface area contributed by atoms with Crippen LogP contribution in [0.4, 0.5) is 0 Å². The third kappa shape index (κ3) is 67.4. The van der Waals surface area contributed by atoms with Crippen LogP contribution in [-0.4, -0.2) is 37.2 Å². The molecule has 1 unspecified atom stereocenters. The van der Waals surface area contributed by atoms with Crippen LogP contribution in [0.1, 0.15) is 361 Å². The van der Waals surface area contributed by atoms with E-state index in [1.807, 2.05) is 0 Å². The molecule has 0 saturated carbocycles. The van der Waals surface area contributed by atoms with E-state index in [1.165, 1.54) is 218 Å². The fourth-order valence-corrected chi connectivity index (χ4v) is 10.3. The average Bonchev–Trinajstić information content (AvgIpc) is 3.47. The summed E-state index contributed by atoms with van der Waals surface area (Å²) in [6, 6.07) is 0. The zero-order valence-corrected chi connectivity index (χ0v) is 54.5. The van der Waals surface area contributed by atoms with E-state index in [2.05, 4.69) is 106 Å². The second-order valence-electron chi connectivity index (χ2n) is 23.8. The molecule has 474 valence electrons. The van der Waals surface area contributed by atoms with Crippen LogP contribution in [0.3, 0.4) is 0 Å². The molecule has 0 saturated heterocycles. The second-order valence-corrected chi connectivity index (χ2v) is 23.8. The normalized spacial score (nSPS) is 12.6. The van der Waals surface area contributed by atoms with Crippen LogP contribution < -0.4 is 0 Å². The van der Waals surface area contributed by atoms with Crippen molar-refractivity contribution in [3.05, 3.63) is 85.1 Å². The van der Waals surface area contributed by atoms with Crippen LogP contribution in [0.2, 0.25) is 0 Å². The first-order chi connectivity index (χ1) is 40.5. The molecule has 0 bridgehead atoms. The number of carbonyl (C=O) groups excluding carboxylic acids is 3. The SMILES string of the molecule is CC/C=C\C/C=C\C/C=C\C/C=C\C/C=C\CCCCCCCCCC(=O)OC(COC(=O)CCCCCCCCCCCCCCCC)COC(=O)CCCCCCCCCCCCCCCCC/C=C\C/C=C\CCCCCCC. The largest absolute Gasteiger partial charge is 0.462 e. The van der Waals surface area contributed by atoms with Gasteiger partial charge >= 0.3 is 17.9 Å². The van der Waals surface area contributed by atoms with Crippen molar-refractivity contribution in [2.45, 2.75) is 367 Å². The molecule has 1 atom stereocenters. The first-order valence-electron chi connectivity index (χ1n) is 35.6. The highest BCUT2D eigenvalue weighted by molar-refractivity contribution is 5.71. The highest BCUT2D eigenvalue weighted by Gasteiger charge is 2.19. The number of esters is 3. The first kappa shape index (κ1) is 78.6. The lowest BCUT2D eigenvalue weighted by atomic mass is 10.0. The number of carbonyl (C=O) groups is 3. The van der Waals surface area contributed by atoms with Crippen molar-refractivity contribution >= 4 is 17.9 Å². The van der Waals surface area contributed by atoms with Gasteiger partial charge < -0.3 is 14.2 Å². The lowest BCUT2D eigenvalue weighted by Crippen LogP contribution is -2.30. The molecule has 0 spiro atoms. The Morgan fingerprint density at radius 2 is 0.476 bits per heavy atom. The van der Waals surface area contributed by atoms with E-state index < -0.39 is 6.10 Å². The third-order valence-corrected chi connectivity index (χ3v) is 15.6. The Balaban J connectivity index is 4.30. The van der Waals surface area contributed by atoms with E-state index in [4.69, 9.17) is 14.2 Å². The molecule has 0 aliphatic carbocycles. The maximum absolute atomic E-state index is 13.0. The number of hydrogen-bond acceptors (Lipinski definition) is 6. The molecule has 0 rings (SSSR count). The van der Waals surface area contributed by atoms with Gasteiger partial charge in [0.25, 0.3) is 0 Å². The van der Waals surface area contributed by atoms with E-state index in [0.717, 1.165) is 103 Å². The summed E-state index contributed by atoms with van der Waals surface area (Å²) in [5.74, 6) is -0.868. The van der Waals surface area contributed by atoms with Crippen LogP contribution in [0.25, 0.3) is 0 Å². The monoisotopic (exact) mass is 1140 g/mol. The fraction of sp³-hybridized carbons (Fsp3) is 0.776. The Morgan fingerprint density at radius 1 is 0.256 bits per heavy atom. The van der Waals surface area contributed by atoms with Gasteiger partial charge in [-0.15, -0.1) is 0 Å². The molecule has 0 aliphatic rings. The van der Waals surface area contributed by atoms with Crippen molar-refractivity contribution in [2.24, 2.45) is 0 Å². The van der Waals surface area contributed by atoms with Crippen molar-refractivity contribution in [3.8, 4) is 0 Å². The summed E-state index contributed by atoms with van der Waals surface area (Å²) >= 11 is 0. The molecular weight excluding hydrogens is 1010 g/mol. The van der Waals surface area contributed by atoms with E-state index in [-0.39, 0.29) is 31.1 Å². The predicted molar refractivity (Wildman–Crippen MR) is 358 cm³/mol. The number of hydrogen-bond donors (Lipinski definition) is 0. The molecular formula is C76H134O6. The lowest BCUT2D eigenvalue weighted by molar-refractivity contribution is -0.167. The smallest absolute Gasteiger partial charge is 0.306 e. The lowest BCUT2D eigenvalue weighted by Gasteiger charge is -2.18. The van der Waals surface area contributed by atoms with Crippen LogP contribution >= 0.6 is 0 Å². The van der Waals surface area contributed by atoms with Crippen LogP contribution in [0.15, 0.2) is 85.1 Å². The van der Waals surface area contributed by atoms with Crippen LogP contribution in [0, 0.1) is 0 Å². The molecule has 0 aromatic heterocycles. The van der Waals surface area contributed by atoms with E-state index in [0.29, 0.717) is 19.3 Å². The maximum Gasteiger partial charge on any atom is 0.306 e. The Bertz CT molecular complexity index is 1550. The Kier molecular flexibility index (Phi) is 67.2. The summed E-state index contributed by atoms with van der Waals surface area (Å²) in [4.78, 5) is 38.5. The van der Waals surface area contributed by atoms with Gasteiger partial charge in [0.05, 0.1) is 0 Å². The third-order valence-electron chi connectivity index (χ3n) is 15.6. The highest BCUT2D eigenvalue weighted by atomic mass is 16.6. The topological polar surface area (TPSA) is 78.9 Å². The Labute approximate surface area is 509 Å². The van der Waals surface area contributed by atoms with Crippen molar-refractivity contribution in [1.29, 1.82) is 0 Å². The van der Waals surface area contributed by atoms with Gasteiger partial charge in [-0.3, -0.25) is 14.4 Å². The quantitative estimate of drug-likeness (QED) is 0.0261. The van der Waals surface area contributed by atoms with Gasteiger partial charge in [-0.1, -0.05) is 331 Å². The maximum atomic E-state index is 13.0. The van der Waals surface area contributed by atoms with Crippen molar-refractivity contribution in [3.63, 3.8) is 0 Å². The van der Waals surface area contributed by atoms with Gasteiger partial charge in [-0.25, -0.2) is 0 Å². The Morgan fingerprint density at radius 3 is 0.744 bits per heavy atom. The van der Waals surface area contributed by atoms with E-state index in [9.17, 15) is 14.4 Å². The molecule has 0 fully saturated rings. The minimum absolute atomic E-state index is 0.0770. The number of unbranched alkanes of at least 4 members (excludes halogenated alkanes) is 40. The van der Waals surface area contributed by atoms with Crippen molar-refractivity contribution < 1.29 is 28.6 Å². The molecule has 6 nitrogen and oxygen atoms in total. The minimum atomic E-state index is -0.783. The second kappa shape index (κ2) is 70.1.